The molecule has 1 aliphatic heterocycles. The van der Waals surface area contributed by atoms with Crippen molar-refractivity contribution in [3.05, 3.63) is 54.4 Å². The predicted octanol–water partition coefficient (Wildman–Crippen LogP) is 1.85. The number of morpholine rings is 1. The Hall–Kier alpha value is -2.18. The normalized spacial score (nSPS) is 19.5. The first-order valence-electron chi connectivity index (χ1n) is 8.86. The maximum absolute atomic E-state index is 12.2. The zero-order chi connectivity index (χ0) is 17.5. The second-order valence-corrected chi connectivity index (χ2v) is 6.47. The molecule has 2 atom stereocenters. The molecular weight excluding hydrogens is 316 g/mol. The minimum Gasteiger partial charge on any atom is -0.374 e. The van der Waals surface area contributed by atoms with E-state index in [9.17, 15) is 4.79 Å². The molecule has 0 saturated carbocycles. The van der Waals surface area contributed by atoms with E-state index in [1.165, 1.54) is 0 Å². The second-order valence-electron chi connectivity index (χ2n) is 6.47. The maximum Gasteiger partial charge on any atom is 0.221 e. The monoisotopic (exact) mass is 342 g/mol. The lowest BCUT2D eigenvalue weighted by atomic mass is 10.1. The number of benzene rings is 1. The van der Waals surface area contributed by atoms with Crippen LogP contribution in [0.1, 0.15) is 24.9 Å². The topological polar surface area (TPSA) is 59.4 Å². The summed E-state index contributed by atoms with van der Waals surface area (Å²) in [6, 6.07) is 12.0. The number of nitrogens with one attached hydrogen (secondary N) is 1. The molecular formula is C19H26N4O2. The smallest absolute Gasteiger partial charge is 0.221 e. The van der Waals surface area contributed by atoms with Crippen molar-refractivity contribution in [2.24, 2.45) is 0 Å². The van der Waals surface area contributed by atoms with Gasteiger partial charge < -0.3 is 10.1 Å². The molecule has 1 aromatic carbocycles. The van der Waals surface area contributed by atoms with Crippen molar-refractivity contribution in [1.82, 2.24) is 20.0 Å². The molecule has 0 aliphatic carbocycles. The Labute approximate surface area is 148 Å². The number of hydrogen-bond acceptors (Lipinski definition) is 4. The Morgan fingerprint density at radius 2 is 2.20 bits per heavy atom. The molecule has 0 radical (unpaired) electrons. The highest BCUT2D eigenvalue weighted by Gasteiger charge is 2.21. The van der Waals surface area contributed by atoms with Gasteiger partial charge in [-0.25, -0.2) is 0 Å². The summed E-state index contributed by atoms with van der Waals surface area (Å²) in [4.78, 5) is 14.5. The van der Waals surface area contributed by atoms with Crippen LogP contribution in [-0.4, -0.2) is 52.9 Å². The minimum absolute atomic E-state index is 0.0333. The SMILES string of the molecule is CC(NC(=O)CCN1CCOC(Cn2cccn2)C1)c1ccccc1. The Kier molecular flexibility index (Phi) is 6.19. The fourth-order valence-corrected chi connectivity index (χ4v) is 3.11. The second kappa shape index (κ2) is 8.78. The fourth-order valence-electron chi connectivity index (χ4n) is 3.11. The lowest BCUT2D eigenvalue weighted by molar-refractivity contribution is -0.122. The van der Waals surface area contributed by atoms with Crippen molar-refractivity contribution in [3.8, 4) is 0 Å². The number of aromatic nitrogens is 2. The van der Waals surface area contributed by atoms with Crippen LogP contribution in [0.5, 0.6) is 0 Å². The van der Waals surface area contributed by atoms with Gasteiger partial charge in [-0.1, -0.05) is 30.3 Å². The van der Waals surface area contributed by atoms with Crippen LogP contribution >= 0.6 is 0 Å². The van der Waals surface area contributed by atoms with Gasteiger partial charge >= 0.3 is 0 Å². The first-order chi connectivity index (χ1) is 12.2. The van der Waals surface area contributed by atoms with E-state index in [2.05, 4.69) is 15.3 Å². The number of carbonyl (C=O) groups excluding carboxylic acids is 1. The van der Waals surface area contributed by atoms with E-state index in [0.717, 1.165) is 31.7 Å². The van der Waals surface area contributed by atoms with Gasteiger partial charge in [0, 0.05) is 38.4 Å². The van der Waals surface area contributed by atoms with Crippen molar-refractivity contribution in [1.29, 1.82) is 0 Å². The Morgan fingerprint density at radius 3 is 2.96 bits per heavy atom. The summed E-state index contributed by atoms with van der Waals surface area (Å²) in [5.41, 5.74) is 1.13. The molecule has 1 N–H and O–H groups in total. The van der Waals surface area contributed by atoms with Gasteiger partial charge in [-0.15, -0.1) is 0 Å². The van der Waals surface area contributed by atoms with Crippen LogP contribution in [0.4, 0.5) is 0 Å². The third-order valence-corrected chi connectivity index (χ3v) is 4.50. The zero-order valence-electron chi connectivity index (χ0n) is 14.7. The molecule has 2 unspecified atom stereocenters. The summed E-state index contributed by atoms with van der Waals surface area (Å²) < 4.78 is 7.70. The lowest BCUT2D eigenvalue weighted by Gasteiger charge is -2.32. The van der Waals surface area contributed by atoms with Gasteiger partial charge in [0.1, 0.15) is 0 Å². The van der Waals surface area contributed by atoms with E-state index >= 15 is 0 Å². The van der Waals surface area contributed by atoms with Crippen LogP contribution in [-0.2, 0) is 16.1 Å². The van der Waals surface area contributed by atoms with Gasteiger partial charge in [0.15, 0.2) is 0 Å². The lowest BCUT2D eigenvalue weighted by Crippen LogP contribution is -2.45. The van der Waals surface area contributed by atoms with Crippen molar-refractivity contribution in [2.45, 2.75) is 32.0 Å². The molecule has 3 rings (SSSR count). The van der Waals surface area contributed by atoms with Gasteiger partial charge in [-0.3, -0.25) is 14.4 Å². The van der Waals surface area contributed by atoms with Gasteiger partial charge in [0.2, 0.25) is 5.91 Å². The van der Waals surface area contributed by atoms with E-state index < -0.39 is 0 Å². The van der Waals surface area contributed by atoms with E-state index in [4.69, 9.17) is 4.74 Å². The van der Waals surface area contributed by atoms with Crippen LogP contribution in [0, 0.1) is 0 Å². The average Bonchev–Trinajstić information content (AvgIpc) is 3.14. The average molecular weight is 342 g/mol. The Bertz CT molecular complexity index is 645. The number of nitrogens with zero attached hydrogens (tertiary/aromatic N) is 3. The van der Waals surface area contributed by atoms with Gasteiger partial charge in [-0.2, -0.15) is 5.10 Å². The molecule has 1 aromatic heterocycles. The molecule has 2 heterocycles. The predicted molar refractivity (Wildman–Crippen MR) is 96.0 cm³/mol. The molecule has 6 heteroatoms. The number of amides is 1. The van der Waals surface area contributed by atoms with Crippen molar-refractivity contribution in [3.63, 3.8) is 0 Å². The van der Waals surface area contributed by atoms with Gasteiger partial charge in [-0.05, 0) is 18.6 Å². The third-order valence-electron chi connectivity index (χ3n) is 4.50. The van der Waals surface area contributed by atoms with Crippen molar-refractivity contribution < 1.29 is 9.53 Å². The number of hydrogen-bond donors (Lipinski definition) is 1. The summed E-state index contributed by atoms with van der Waals surface area (Å²) in [7, 11) is 0. The van der Waals surface area contributed by atoms with E-state index in [1.807, 2.05) is 54.2 Å². The standard InChI is InChI=1S/C19H26N4O2/c1-16(17-6-3-2-4-7-17)21-19(24)8-11-22-12-13-25-18(14-22)15-23-10-5-9-20-23/h2-7,9-10,16,18H,8,11-15H2,1H3,(H,21,24). The molecule has 1 amide bonds. The molecule has 1 saturated heterocycles. The summed E-state index contributed by atoms with van der Waals surface area (Å²) >= 11 is 0. The summed E-state index contributed by atoms with van der Waals surface area (Å²) in [6.07, 6.45) is 4.35. The highest BCUT2D eigenvalue weighted by atomic mass is 16.5. The minimum atomic E-state index is 0.0333. The molecule has 134 valence electrons. The van der Waals surface area contributed by atoms with Crippen LogP contribution in [0.25, 0.3) is 0 Å². The number of ether oxygens (including phenoxy) is 1. The number of carbonyl (C=O) groups is 1. The third kappa shape index (κ3) is 5.41. The molecule has 2 aromatic rings. The summed E-state index contributed by atoms with van der Waals surface area (Å²) in [5.74, 6) is 0.0893. The summed E-state index contributed by atoms with van der Waals surface area (Å²) in [5, 5.41) is 7.30. The van der Waals surface area contributed by atoms with Gasteiger partial charge in [0.05, 0.1) is 25.3 Å². The van der Waals surface area contributed by atoms with E-state index in [0.29, 0.717) is 13.0 Å². The molecule has 1 fully saturated rings. The largest absolute Gasteiger partial charge is 0.374 e. The first kappa shape index (κ1) is 17.6. The molecule has 0 spiro atoms. The van der Waals surface area contributed by atoms with Crippen molar-refractivity contribution in [2.75, 3.05) is 26.2 Å². The maximum atomic E-state index is 12.2. The Morgan fingerprint density at radius 1 is 1.36 bits per heavy atom. The number of rotatable bonds is 7. The fraction of sp³-hybridized carbons (Fsp3) is 0.474. The molecule has 6 nitrogen and oxygen atoms in total. The summed E-state index contributed by atoms with van der Waals surface area (Å²) in [6.45, 7) is 5.93. The first-order valence-corrected chi connectivity index (χ1v) is 8.86. The highest BCUT2D eigenvalue weighted by Crippen LogP contribution is 2.12. The zero-order valence-corrected chi connectivity index (χ0v) is 14.7. The van der Waals surface area contributed by atoms with Crippen LogP contribution in [0.3, 0.4) is 0 Å². The van der Waals surface area contributed by atoms with Crippen LogP contribution < -0.4 is 5.32 Å². The Balaban J connectivity index is 1.40. The molecule has 0 bridgehead atoms. The molecule has 25 heavy (non-hydrogen) atoms. The van der Waals surface area contributed by atoms with Gasteiger partial charge in [0.25, 0.3) is 0 Å². The molecule has 1 aliphatic rings. The van der Waals surface area contributed by atoms with Crippen molar-refractivity contribution >= 4 is 5.91 Å². The van der Waals surface area contributed by atoms with Crippen LogP contribution in [0.2, 0.25) is 0 Å². The van der Waals surface area contributed by atoms with E-state index in [-0.39, 0.29) is 18.1 Å². The quantitative estimate of drug-likeness (QED) is 0.834. The van der Waals surface area contributed by atoms with Crippen LogP contribution in [0.15, 0.2) is 48.8 Å². The highest BCUT2D eigenvalue weighted by molar-refractivity contribution is 5.76. The van der Waals surface area contributed by atoms with E-state index in [1.54, 1.807) is 6.20 Å².